The molecule has 0 aliphatic rings. The predicted octanol–water partition coefficient (Wildman–Crippen LogP) is 3.05. The monoisotopic (exact) mass is 226 g/mol. The van der Waals surface area contributed by atoms with Crippen LogP contribution in [0.4, 0.5) is 0 Å². The summed E-state index contributed by atoms with van der Waals surface area (Å²) >= 11 is 0. The molecule has 0 saturated heterocycles. The van der Waals surface area contributed by atoms with E-state index in [1.165, 1.54) is 12.8 Å². The van der Waals surface area contributed by atoms with Crippen molar-refractivity contribution >= 4 is 0 Å². The van der Waals surface area contributed by atoms with E-state index in [-0.39, 0.29) is 5.54 Å². The van der Waals surface area contributed by atoms with Crippen molar-refractivity contribution in [2.75, 3.05) is 20.1 Å². The summed E-state index contributed by atoms with van der Waals surface area (Å²) < 4.78 is 0. The first kappa shape index (κ1) is 15.7. The molecular formula is C14H30N2. The minimum atomic E-state index is 0.270. The van der Waals surface area contributed by atoms with Gasteiger partial charge >= 0.3 is 0 Å². The summed E-state index contributed by atoms with van der Waals surface area (Å²) in [6.07, 6.45) is 5.44. The fourth-order valence-corrected chi connectivity index (χ4v) is 3.04. The molecule has 1 atom stereocenters. The van der Waals surface area contributed by atoms with Gasteiger partial charge in [-0.25, -0.2) is 0 Å². The molecule has 0 saturated carbocycles. The molecule has 96 valence electrons. The van der Waals surface area contributed by atoms with Gasteiger partial charge in [-0.2, -0.15) is 0 Å². The van der Waals surface area contributed by atoms with Gasteiger partial charge in [0, 0.05) is 11.6 Å². The third-order valence-electron chi connectivity index (χ3n) is 4.02. The van der Waals surface area contributed by atoms with E-state index in [9.17, 15) is 0 Å². The topological polar surface area (TPSA) is 15.3 Å². The first-order chi connectivity index (χ1) is 7.66. The summed E-state index contributed by atoms with van der Waals surface area (Å²) in [5, 5.41) is 3.48. The Morgan fingerprint density at radius 2 is 1.69 bits per heavy atom. The third kappa shape index (κ3) is 3.08. The molecule has 0 aromatic carbocycles. The molecule has 0 fully saturated rings. The lowest BCUT2D eigenvalue weighted by Crippen LogP contribution is -2.60. The highest BCUT2D eigenvalue weighted by Crippen LogP contribution is 2.29. The van der Waals surface area contributed by atoms with Gasteiger partial charge in [-0.05, 0) is 39.4 Å². The van der Waals surface area contributed by atoms with Crippen LogP contribution in [0, 0.1) is 0 Å². The molecule has 0 spiro atoms. The largest absolute Gasteiger partial charge is 0.315 e. The van der Waals surface area contributed by atoms with E-state index < -0.39 is 0 Å². The van der Waals surface area contributed by atoms with Crippen LogP contribution in [0.2, 0.25) is 0 Å². The van der Waals surface area contributed by atoms with Crippen molar-refractivity contribution in [2.45, 2.75) is 58.5 Å². The van der Waals surface area contributed by atoms with Crippen molar-refractivity contribution in [3.05, 3.63) is 12.7 Å². The standard InChI is InChI=1S/C14H30N2/c1-7-12-13(15-6)14(8-2,9-3)16(10-4)11-5/h7,13,15H,1,8-12H2,2-6H3. The van der Waals surface area contributed by atoms with Crippen molar-refractivity contribution < 1.29 is 0 Å². The lowest BCUT2D eigenvalue weighted by Gasteiger charge is -2.47. The van der Waals surface area contributed by atoms with Gasteiger partial charge in [0.15, 0.2) is 0 Å². The zero-order valence-corrected chi connectivity index (χ0v) is 11.8. The number of nitrogens with one attached hydrogen (secondary N) is 1. The number of hydrogen-bond donors (Lipinski definition) is 1. The van der Waals surface area contributed by atoms with Crippen LogP contribution in [0.1, 0.15) is 47.0 Å². The summed E-state index contributed by atoms with van der Waals surface area (Å²) in [5.74, 6) is 0. The predicted molar refractivity (Wildman–Crippen MR) is 73.9 cm³/mol. The maximum atomic E-state index is 3.88. The molecule has 0 aromatic heterocycles. The van der Waals surface area contributed by atoms with Crippen LogP contribution in [0.3, 0.4) is 0 Å². The molecule has 1 unspecified atom stereocenters. The number of likely N-dealkylation sites (N-methyl/N-ethyl adjacent to an activating group) is 2. The summed E-state index contributed by atoms with van der Waals surface area (Å²) in [6.45, 7) is 15.2. The van der Waals surface area contributed by atoms with Crippen LogP contribution < -0.4 is 5.32 Å². The summed E-state index contributed by atoms with van der Waals surface area (Å²) in [7, 11) is 2.07. The van der Waals surface area contributed by atoms with Gasteiger partial charge in [0.25, 0.3) is 0 Å². The maximum Gasteiger partial charge on any atom is 0.0359 e. The molecular weight excluding hydrogens is 196 g/mol. The molecule has 0 bridgehead atoms. The first-order valence-corrected chi connectivity index (χ1v) is 6.69. The Morgan fingerprint density at radius 3 is 1.94 bits per heavy atom. The average molecular weight is 226 g/mol. The fraction of sp³-hybridized carbons (Fsp3) is 0.857. The second kappa shape index (κ2) is 7.86. The molecule has 16 heavy (non-hydrogen) atoms. The Balaban J connectivity index is 5.08. The zero-order chi connectivity index (χ0) is 12.6. The molecule has 0 aliphatic carbocycles. The van der Waals surface area contributed by atoms with Crippen molar-refractivity contribution in [1.29, 1.82) is 0 Å². The molecule has 2 nitrogen and oxygen atoms in total. The molecule has 2 heteroatoms. The van der Waals surface area contributed by atoms with E-state index >= 15 is 0 Å². The van der Waals surface area contributed by atoms with Gasteiger partial charge in [0.1, 0.15) is 0 Å². The van der Waals surface area contributed by atoms with Crippen LogP contribution in [-0.2, 0) is 0 Å². The lowest BCUT2D eigenvalue weighted by molar-refractivity contribution is 0.0529. The van der Waals surface area contributed by atoms with E-state index in [0.29, 0.717) is 6.04 Å². The minimum Gasteiger partial charge on any atom is -0.315 e. The highest BCUT2D eigenvalue weighted by atomic mass is 15.2. The lowest BCUT2D eigenvalue weighted by atomic mass is 9.81. The quantitative estimate of drug-likeness (QED) is 0.608. The average Bonchev–Trinajstić information content (AvgIpc) is 2.33. The maximum absolute atomic E-state index is 3.88. The molecule has 0 radical (unpaired) electrons. The Kier molecular flexibility index (Phi) is 7.69. The number of rotatable bonds is 9. The van der Waals surface area contributed by atoms with Crippen LogP contribution in [0.25, 0.3) is 0 Å². The summed E-state index contributed by atoms with van der Waals surface area (Å²) in [4.78, 5) is 2.59. The molecule has 1 N–H and O–H groups in total. The second-order valence-corrected chi connectivity index (χ2v) is 4.35. The smallest absolute Gasteiger partial charge is 0.0359 e. The van der Waals surface area contributed by atoms with Crippen LogP contribution in [0.15, 0.2) is 12.7 Å². The molecule has 0 aliphatic heterocycles. The van der Waals surface area contributed by atoms with E-state index in [4.69, 9.17) is 0 Å². The number of nitrogens with zero attached hydrogens (tertiary/aromatic N) is 1. The van der Waals surface area contributed by atoms with Crippen LogP contribution in [-0.4, -0.2) is 36.6 Å². The fourth-order valence-electron chi connectivity index (χ4n) is 3.04. The van der Waals surface area contributed by atoms with Gasteiger partial charge in [0.2, 0.25) is 0 Å². The summed E-state index contributed by atoms with van der Waals surface area (Å²) in [6, 6.07) is 0.500. The minimum absolute atomic E-state index is 0.270. The van der Waals surface area contributed by atoms with Gasteiger partial charge in [-0.15, -0.1) is 6.58 Å². The van der Waals surface area contributed by atoms with E-state index in [1.807, 2.05) is 6.08 Å². The Hall–Kier alpha value is -0.340. The van der Waals surface area contributed by atoms with Crippen LogP contribution in [0.5, 0.6) is 0 Å². The van der Waals surface area contributed by atoms with Gasteiger partial charge in [-0.1, -0.05) is 33.8 Å². The Morgan fingerprint density at radius 1 is 1.19 bits per heavy atom. The molecule has 0 heterocycles. The van der Waals surface area contributed by atoms with Crippen molar-refractivity contribution in [3.63, 3.8) is 0 Å². The highest BCUT2D eigenvalue weighted by molar-refractivity contribution is 5.00. The Labute approximate surface area is 102 Å². The zero-order valence-electron chi connectivity index (χ0n) is 11.8. The van der Waals surface area contributed by atoms with E-state index in [1.54, 1.807) is 0 Å². The summed E-state index contributed by atoms with van der Waals surface area (Å²) in [5.41, 5.74) is 0.270. The van der Waals surface area contributed by atoms with E-state index in [2.05, 4.69) is 51.5 Å². The molecule has 0 aromatic rings. The van der Waals surface area contributed by atoms with E-state index in [0.717, 1.165) is 19.5 Å². The van der Waals surface area contributed by atoms with Crippen molar-refractivity contribution in [1.82, 2.24) is 10.2 Å². The van der Waals surface area contributed by atoms with Gasteiger partial charge in [0.05, 0.1) is 0 Å². The van der Waals surface area contributed by atoms with Crippen molar-refractivity contribution in [2.24, 2.45) is 0 Å². The normalized spacial score (nSPS) is 14.1. The Bertz CT molecular complexity index is 181. The van der Waals surface area contributed by atoms with Gasteiger partial charge in [-0.3, -0.25) is 4.90 Å². The number of hydrogen-bond acceptors (Lipinski definition) is 2. The first-order valence-electron chi connectivity index (χ1n) is 6.69. The third-order valence-corrected chi connectivity index (χ3v) is 4.02. The van der Waals surface area contributed by atoms with Crippen molar-refractivity contribution in [3.8, 4) is 0 Å². The van der Waals surface area contributed by atoms with Gasteiger partial charge < -0.3 is 5.32 Å². The SMILES string of the molecule is C=CCC(NC)C(CC)(CC)N(CC)CC. The highest BCUT2D eigenvalue weighted by Gasteiger charge is 2.38. The second-order valence-electron chi connectivity index (χ2n) is 4.35. The molecule has 0 amide bonds. The molecule has 0 rings (SSSR count). The van der Waals surface area contributed by atoms with Crippen LogP contribution >= 0.6 is 0 Å².